The van der Waals surface area contributed by atoms with Crippen LogP contribution in [0.5, 0.6) is 0 Å². The molecule has 8 heteroatoms. The number of carbonyl (C=O) groups excluding carboxylic acids is 1. The number of fused-ring (bicyclic) bond motifs is 1. The second-order valence-corrected chi connectivity index (χ2v) is 7.68. The smallest absolute Gasteiger partial charge is 0.354 e. The molecule has 3 N–H and O–H groups in total. The van der Waals surface area contributed by atoms with Crippen molar-refractivity contribution in [2.75, 3.05) is 18.8 Å². The van der Waals surface area contributed by atoms with Crippen LogP contribution in [-0.2, 0) is 9.59 Å². The number of amides is 1. The van der Waals surface area contributed by atoms with Crippen LogP contribution < -0.4 is 5.32 Å². The molecule has 0 radical (unpaired) electrons. The highest BCUT2D eigenvalue weighted by Gasteiger charge is 2.57. The lowest BCUT2D eigenvalue weighted by molar-refractivity contribution is -0.156. The quantitative estimate of drug-likeness (QED) is 0.620. The van der Waals surface area contributed by atoms with Gasteiger partial charge in [0.05, 0.1) is 16.3 Å². The van der Waals surface area contributed by atoms with E-state index in [9.17, 15) is 19.8 Å². The van der Waals surface area contributed by atoms with Gasteiger partial charge in [-0.3, -0.25) is 9.69 Å². The third-order valence-corrected chi connectivity index (χ3v) is 6.67. The fraction of sp³-hybridized carbons (Fsp3) is 0.667. The molecule has 0 aromatic heterocycles. The lowest BCUT2D eigenvalue weighted by Crippen LogP contribution is -2.60. The number of carboxylic acids is 1. The van der Waals surface area contributed by atoms with Crippen molar-refractivity contribution in [1.29, 1.82) is 0 Å². The molecule has 3 aliphatic rings. The lowest BCUT2D eigenvalue weighted by atomic mass is 9.92. The van der Waals surface area contributed by atoms with Gasteiger partial charge in [0.25, 0.3) is 0 Å². The molecule has 0 saturated carbocycles. The van der Waals surface area contributed by atoms with Gasteiger partial charge in [-0.1, -0.05) is 11.8 Å². The van der Waals surface area contributed by atoms with Crippen LogP contribution in [0.25, 0.3) is 0 Å². The Bertz CT molecular complexity index is 490. The Morgan fingerprint density at radius 3 is 2.80 bits per heavy atom. The first-order valence-corrected chi connectivity index (χ1v) is 8.36. The number of hydrogen-bond acceptors (Lipinski definition) is 6. The van der Waals surface area contributed by atoms with Crippen molar-refractivity contribution in [3.05, 3.63) is 9.93 Å². The Balaban J connectivity index is 1.74. The van der Waals surface area contributed by atoms with E-state index in [1.165, 1.54) is 28.4 Å². The molecule has 0 aromatic carbocycles. The van der Waals surface area contributed by atoms with Gasteiger partial charge in [-0.25, -0.2) is 4.79 Å². The minimum absolute atomic E-state index is 0.0965. The van der Waals surface area contributed by atoms with E-state index in [0.717, 1.165) is 18.8 Å². The van der Waals surface area contributed by atoms with Crippen LogP contribution in [-0.4, -0.2) is 57.3 Å². The number of aliphatic hydroxyl groups is 1. The second-order valence-electron chi connectivity index (χ2n) is 5.26. The van der Waals surface area contributed by atoms with E-state index in [1.54, 1.807) is 6.92 Å². The Morgan fingerprint density at radius 2 is 2.30 bits per heavy atom. The first-order chi connectivity index (χ1) is 9.50. The summed E-state index contributed by atoms with van der Waals surface area (Å²) in [6.07, 6.45) is -0.744. The van der Waals surface area contributed by atoms with E-state index in [1.807, 2.05) is 0 Å². The maximum Gasteiger partial charge on any atom is 0.354 e. The number of nitrogens with one attached hydrogen (secondary N) is 1. The molecular weight excluding hydrogens is 300 g/mol. The van der Waals surface area contributed by atoms with Gasteiger partial charge in [0.1, 0.15) is 5.37 Å². The van der Waals surface area contributed by atoms with E-state index < -0.39 is 18.0 Å². The fourth-order valence-corrected chi connectivity index (χ4v) is 5.55. The van der Waals surface area contributed by atoms with E-state index in [-0.39, 0.29) is 17.0 Å². The van der Waals surface area contributed by atoms with Gasteiger partial charge in [-0.2, -0.15) is 0 Å². The van der Waals surface area contributed by atoms with E-state index in [0.29, 0.717) is 10.2 Å². The molecule has 0 spiro atoms. The van der Waals surface area contributed by atoms with Crippen molar-refractivity contribution >= 4 is 35.4 Å². The summed E-state index contributed by atoms with van der Waals surface area (Å²) in [5, 5.41) is 21.9. The van der Waals surface area contributed by atoms with Gasteiger partial charge in [-0.05, 0) is 25.9 Å². The van der Waals surface area contributed by atoms with Gasteiger partial charge in [0.15, 0.2) is 5.70 Å². The molecule has 2 saturated heterocycles. The molecular formula is C12H16N2O4S2. The number of rotatable bonds is 5. The molecule has 0 aromatic rings. The molecule has 3 rings (SSSR count). The lowest BCUT2D eigenvalue weighted by Gasteiger charge is -2.43. The van der Waals surface area contributed by atoms with Crippen LogP contribution in [0.2, 0.25) is 0 Å². The van der Waals surface area contributed by atoms with Gasteiger partial charge < -0.3 is 15.5 Å². The third-order valence-electron chi connectivity index (χ3n) is 3.78. The van der Waals surface area contributed by atoms with Gasteiger partial charge >= 0.3 is 5.97 Å². The first-order valence-electron chi connectivity index (χ1n) is 6.49. The zero-order valence-corrected chi connectivity index (χ0v) is 12.5. The Hall–Kier alpha value is -0.700. The van der Waals surface area contributed by atoms with E-state index in [2.05, 4.69) is 5.32 Å². The number of aliphatic hydroxyl groups excluding tert-OH is 1. The van der Waals surface area contributed by atoms with Crippen LogP contribution in [0, 0.1) is 11.8 Å². The number of aliphatic carboxylic acids is 1. The molecule has 110 valence electrons. The number of β-lactam (4-membered cyclic amide) rings is 1. The van der Waals surface area contributed by atoms with Crippen molar-refractivity contribution in [2.45, 2.75) is 18.4 Å². The highest BCUT2D eigenvalue weighted by molar-refractivity contribution is 8.22. The molecule has 3 aliphatic heterocycles. The summed E-state index contributed by atoms with van der Waals surface area (Å²) >= 11 is 2.91. The number of nitrogens with zero attached hydrogens (tertiary/aromatic N) is 1. The summed E-state index contributed by atoms with van der Waals surface area (Å²) < 4.78 is 0.700. The van der Waals surface area contributed by atoms with Crippen molar-refractivity contribution in [2.24, 2.45) is 11.8 Å². The average molecular weight is 316 g/mol. The zero-order chi connectivity index (χ0) is 14.4. The van der Waals surface area contributed by atoms with Crippen molar-refractivity contribution in [1.82, 2.24) is 10.2 Å². The Morgan fingerprint density at radius 1 is 1.60 bits per heavy atom. The molecule has 2 fully saturated rings. The number of carboxylic acid groups (broad SMARTS) is 1. The SMILES string of the molecule is C[C@@H](O)[C@H]1C(=O)N2C(C(=O)O)=C(SCC3CNC3)S[C@H]12. The standard InChI is InChI=1S/C12H16N2O4S2/c1-5(15)7-9(16)14-8(11(17)18)12(20-10(7)14)19-4-6-2-13-3-6/h5-7,10,13,15H,2-4H2,1H3,(H,17,18)/t5-,7+,10-/m1/s1. The molecule has 1 amide bonds. The van der Waals surface area contributed by atoms with Crippen molar-refractivity contribution < 1.29 is 19.8 Å². The molecule has 20 heavy (non-hydrogen) atoms. The number of hydrogen-bond donors (Lipinski definition) is 3. The molecule has 0 bridgehead atoms. The molecule has 0 aliphatic carbocycles. The summed E-state index contributed by atoms with van der Waals surface area (Å²) in [7, 11) is 0. The monoisotopic (exact) mass is 316 g/mol. The minimum Gasteiger partial charge on any atom is -0.477 e. The summed E-state index contributed by atoms with van der Waals surface area (Å²) in [5.41, 5.74) is 0.0965. The highest BCUT2D eigenvalue weighted by atomic mass is 32.2. The molecule has 0 unspecified atom stereocenters. The van der Waals surface area contributed by atoms with Crippen molar-refractivity contribution in [3.63, 3.8) is 0 Å². The largest absolute Gasteiger partial charge is 0.477 e. The Labute approximate surface area is 125 Å². The summed E-state index contributed by atoms with van der Waals surface area (Å²) in [5.74, 6) is -0.403. The third kappa shape index (κ3) is 2.14. The maximum absolute atomic E-state index is 12.0. The summed E-state index contributed by atoms with van der Waals surface area (Å²) in [4.78, 5) is 24.7. The molecule has 3 atom stereocenters. The summed E-state index contributed by atoms with van der Waals surface area (Å²) in [6, 6.07) is 0. The topological polar surface area (TPSA) is 89.9 Å². The van der Waals surface area contributed by atoms with Crippen LogP contribution in [0.1, 0.15) is 6.92 Å². The van der Waals surface area contributed by atoms with Crippen LogP contribution in [0.15, 0.2) is 9.93 Å². The number of thioether (sulfide) groups is 2. The van der Waals surface area contributed by atoms with E-state index in [4.69, 9.17) is 0 Å². The normalized spacial score (nSPS) is 30.9. The van der Waals surface area contributed by atoms with Gasteiger partial charge in [0.2, 0.25) is 5.91 Å². The predicted octanol–water partition coefficient (Wildman–Crippen LogP) is 0.105. The minimum atomic E-state index is -1.06. The predicted molar refractivity (Wildman–Crippen MR) is 76.9 cm³/mol. The molecule has 3 heterocycles. The second kappa shape index (κ2) is 5.25. The van der Waals surface area contributed by atoms with Crippen LogP contribution in [0.3, 0.4) is 0 Å². The molecule has 6 nitrogen and oxygen atoms in total. The van der Waals surface area contributed by atoms with Crippen LogP contribution in [0.4, 0.5) is 0 Å². The highest BCUT2D eigenvalue weighted by Crippen LogP contribution is 2.53. The van der Waals surface area contributed by atoms with Gasteiger partial charge in [-0.15, -0.1) is 11.8 Å². The van der Waals surface area contributed by atoms with Crippen LogP contribution >= 0.6 is 23.5 Å². The summed E-state index contributed by atoms with van der Waals surface area (Å²) in [6.45, 7) is 3.51. The zero-order valence-electron chi connectivity index (χ0n) is 10.9. The maximum atomic E-state index is 12.0. The first kappa shape index (κ1) is 14.2. The van der Waals surface area contributed by atoms with Crippen molar-refractivity contribution in [3.8, 4) is 0 Å². The Kier molecular flexibility index (Phi) is 3.74. The fourth-order valence-electron chi connectivity index (χ4n) is 2.51. The van der Waals surface area contributed by atoms with Gasteiger partial charge in [0, 0.05) is 5.75 Å². The average Bonchev–Trinajstić information content (AvgIpc) is 2.61. The number of carbonyl (C=O) groups is 2. The van der Waals surface area contributed by atoms with E-state index >= 15 is 0 Å².